The third-order valence-corrected chi connectivity index (χ3v) is 6.85. The van der Waals surface area contributed by atoms with E-state index in [9.17, 15) is 9.90 Å². The lowest BCUT2D eigenvalue weighted by atomic mass is 9.95. The highest BCUT2D eigenvalue weighted by Crippen LogP contribution is 2.33. The fraction of sp³-hybridized carbons (Fsp3) is 0.320. The molecule has 1 amide bonds. The van der Waals surface area contributed by atoms with Crippen molar-refractivity contribution in [3.63, 3.8) is 0 Å². The third-order valence-electron chi connectivity index (χ3n) is 6.13. The van der Waals surface area contributed by atoms with Crippen LogP contribution in [0.3, 0.4) is 0 Å². The average Bonchev–Trinajstić information content (AvgIpc) is 3.23. The Morgan fingerprint density at radius 3 is 2.57 bits per heavy atom. The van der Waals surface area contributed by atoms with Gasteiger partial charge in [0, 0.05) is 23.0 Å². The molecule has 30 heavy (non-hydrogen) atoms. The van der Waals surface area contributed by atoms with E-state index in [2.05, 4.69) is 47.6 Å². The van der Waals surface area contributed by atoms with Crippen LogP contribution < -0.4 is 0 Å². The lowest BCUT2D eigenvalue weighted by molar-refractivity contribution is 0.0675. The SMILES string of the molecule is CSc1cccc(-c2cccc3c(C(=O)N4C[C@H](N(C)C)C[C@H]4CO)cccc23)c1. The van der Waals surface area contributed by atoms with E-state index >= 15 is 0 Å². The first-order chi connectivity index (χ1) is 14.5. The van der Waals surface area contributed by atoms with Gasteiger partial charge in [-0.05, 0) is 66.9 Å². The lowest BCUT2D eigenvalue weighted by Gasteiger charge is -2.24. The number of nitrogens with zero attached hydrogens (tertiary/aromatic N) is 2. The molecule has 0 aromatic heterocycles. The second-order valence-electron chi connectivity index (χ2n) is 8.09. The van der Waals surface area contributed by atoms with Crippen LogP contribution in [0.15, 0.2) is 65.6 Å². The second kappa shape index (κ2) is 8.80. The summed E-state index contributed by atoms with van der Waals surface area (Å²) in [7, 11) is 4.06. The molecule has 3 aromatic carbocycles. The summed E-state index contributed by atoms with van der Waals surface area (Å²) in [5, 5.41) is 11.9. The number of aliphatic hydroxyl groups excluding tert-OH is 1. The Balaban J connectivity index is 1.77. The van der Waals surface area contributed by atoms with Crippen LogP contribution in [0.4, 0.5) is 0 Å². The molecule has 5 heteroatoms. The van der Waals surface area contributed by atoms with E-state index in [4.69, 9.17) is 0 Å². The number of carbonyl (C=O) groups excluding carboxylic acids is 1. The van der Waals surface area contributed by atoms with Crippen molar-refractivity contribution in [2.45, 2.75) is 23.4 Å². The van der Waals surface area contributed by atoms with E-state index in [0.29, 0.717) is 12.1 Å². The van der Waals surface area contributed by atoms with Gasteiger partial charge in [0.25, 0.3) is 5.91 Å². The van der Waals surface area contributed by atoms with Crippen molar-refractivity contribution >= 4 is 28.4 Å². The number of thioether (sulfide) groups is 1. The standard InChI is InChI=1S/C25H28N2O2S/c1-26(2)18-14-19(16-28)27(15-18)25(29)24-12-6-10-22-21(9-5-11-23(22)24)17-7-4-8-20(13-17)30-3/h4-13,18-19,28H,14-16H2,1-3H3/t18-,19+/m1/s1. The van der Waals surface area contributed by atoms with Crippen LogP contribution in [0.2, 0.25) is 0 Å². The summed E-state index contributed by atoms with van der Waals surface area (Å²) in [6.45, 7) is 0.635. The van der Waals surface area contributed by atoms with Gasteiger partial charge < -0.3 is 14.9 Å². The molecular formula is C25H28N2O2S. The van der Waals surface area contributed by atoms with E-state index in [0.717, 1.165) is 28.3 Å². The molecule has 4 rings (SSSR count). The largest absolute Gasteiger partial charge is 0.394 e. The van der Waals surface area contributed by atoms with Gasteiger partial charge in [0.15, 0.2) is 0 Å². The minimum atomic E-state index is -0.137. The monoisotopic (exact) mass is 420 g/mol. The van der Waals surface area contributed by atoms with Crippen molar-refractivity contribution in [1.82, 2.24) is 9.80 Å². The van der Waals surface area contributed by atoms with Gasteiger partial charge in [-0.1, -0.05) is 42.5 Å². The van der Waals surface area contributed by atoms with Crippen molar-refractivity contribution < 1.29 is 9.90 Å². The molecule has 0 bridgehead atoms. The van der Waals surface area contributed by atoms with Crippen molar-refractivity contribution in [2.24, 2.45) is 0 Å². The minimum absolute atomic E-state index is 0.000913. The second-order valence-corrected chi connectivity index (χ2v) is 8.96. The quantitative estimate of drug-likeness (QED) is 0.623. The Labute approximate surface area is 182 Å². The Morgan fingerprint density at radius 2 is 1.83 bits per heavy atom. The number of likely N-dealkylation sites (N-methyl/N-ethyl adjacent to an activating group) is 1. The molecule has 1 N–H and O–H groups in total. The molecular weight excluding hydrogens is 392 g/mol. The molecule has 156 valence electrons. The van der Waals surface area contributed by atoms with Crippen molar-refractivity contribution in [3.05, 3.63) is 66.2 Å². The van der Waals surface area contributed by atoms with Gasteiger partial charge in [-0.2, -0.15) is 0 Å². The predicted molar refractivity (Wildman–Crippen MR) is 125 cm³/mol. The zero-order chi connectivity index (χ0) is 21.3. The molecule has 1 aliphatic rings. The molecule has 0 spiro atoms. The normalized spacial score (nSPS) is 19.0. The van der Waals surface area contributed by atoms with Gasteiger partial charge in [0.2, 0.25) is 0 Å². The van der Waals surface area contributed by atoms with Gasteiger partial charge in [-0.25, -0.2) is 0 Å². The van der Waals surface area contributed by atoms with E-state index < -0.39 is 0 Å². The number of aliphatic hydroxyl groups is 1. The Kier molecular flexibility index (Phi) is 6.14. The summed E-state index contributed by atoms with van der Waals surface area (Å²) in [6.07, 6.45) is 2.88. The van der Waals surface area contributed by atoms with Gasteiger partial charge >= 0.3 is 0 Å². The maximum atomic E-state index is 13.5. The van der Waals surface area contributed by atoms with Crippen molar-refractivity contribution in [3.8, 4) is 11.1 Å². The Morgan fingerprint density at radius 1 is 1.10 bits per heavy atom. The highest BCUT2D eigenvalue weighted by atomic mass is 32.2. The highest BCUT2D eigenvalue weighted by Gasteiger charge is 2.36. The summed E-state index contributed by atoms with van der Waals surface area (Å²) < 4.78 is 0. The Hall–Kier alpha value is -2.34. The molecule has 1 heterocycles. The van der Waals surface area contributed by atoms with Crippen LogP contribution in [-0.4, -0.2) is 66.4 Å². The molecule has 0 saturated carbocycles. The number of rotatable bonds is 5. The fourth-order valence-electron chi connectivity index (χ4n) is 4.38. The first-order valence-corrected chi connectivity index (χ1v) is 11.5. The molecule has 2 atom stereocenters. The number of hydrogen-bond donors (Lipinski definition) is 1. The minimum Gasteiger partial charge on any atom is -0.394 e. The fourth-order valence-corrected chi connectivity index (χ4v) is 4.84. The van der Waals surface area contributed by atoms with E-state index in [1.54, 1.807) is 11.8 Å². The van der Waals surface area contributed by atoms with Crippen LogP contribution in [-0.2, 0) is 0 Å². The smallest absolute Gasteiger partial charge is 0.254 e. The number of fused-ring (bicyclic) bond motifs is 1. The van der Waals surface area contributed by atoms with E-state index in [1.165, 1.54) is 4.90 Å². The lowest BCUT2D eigenvalue weighted by Crippen LogP contribution is -2.39. The number of carbonyl (C=O) groups is 1. The topological polar surface area (TPSA) is 43.8 Å². The van der Waals surface area contributed by atoms with Crippen LogP contribution in [0.25, 0.3) is 21.9 Å². The van der Waals surface area contributed by atoms with Crippen LogP contribution >= 0.6 is 11.8 Å². The zero-order valence-electron chi connectivity index (χ0n) is 17.7. The van der Waals surface area contributed by atoms with Gasteiger partial charge in [0.05, 0.1) is 12.6 Å². The number of likely N-dealkylation sites (tertiary alicyclic amines) is 1. The van der Waals surface area contributed by atoms with Gasteiger partial charge in [-0.15, -0.1) is 11.8 Å². The molecule has 1 fully saturated rings. The maximum absolute atomic E-state index is 13.5. The average molecular weight is 421 g/mol. The van der Waals surface area contributed by atoms with Crippen LogP contribution in [0, 0.1) is 0 Å². The number of amides is 1. The maximum Gasteiger partial charge on any atom is 0.254 e. The highest BCUT2D eigenvalue weighted by molar-refractivity contribution is 7.98. The molecule has 1 saturated heterocycles. The van der Waals surface area contributed by atoms with Crippen LogP contribution in [0.5, 0.6) is 0 Å². The summed E-state index contributed by atoms with van der Waals surface area (Å²) in [4.78, 5) is 18.7. The summed E-state index contributed by atoms with van der Waals surface area (Å²) in [5.41, 5.74) is 2.98. The third kappa shape index (κ3) is 3.85. The van der Waals surface area contributed by atoms with Crippen molar-refractivity contribution in [1.29, 1.82) is 0 Å². The first kappa shape index (κ1) is 20.9. The molecule has 3 aromatic rings. The van der Waals surface area contributed by atoms with E-state index in [-0.39, 0.29) is 24.6 Å². The molecule has 0 aliphatic carbocycles. The predicted octanol–water partition coefficient (Wildman–Crippen LogP) is 4.37. The molecule has 0 radical (unpaired) electrons. The molecule has 1 aliphatic heterocycles. The van der Waals surface area contributed by atoms with Gasteiger partial charge in [0.1, 0.15) is 0 Å². The Bertz CT molecular complexity index is 1070. The number of benzene rings is 3. The molecule has 4 nitrogen and oxygen atoms in total. The first-order valence-electron chi connectivity index (χ1n) is 10.3. The summed E-state index contributed by atoms with van der Waals surface area (Å²) >= 11 is 1.72. The number of hydrogen-bond acceptors (Lipinski definition) is 4. The van der Waals surface area contributed by atoms with E-state index in [1.807, 2.05) is 43.3 Å². The summed E-state index contributed by atoms with van der Waals surface area (Å²) in [5.74, 6) is -0.000913. The van der Waals surface area contributed by atoms with Gasteiger partial charge in [-0.3, -0.25) is 4.79 Å². The van der Waals surface area contributed by atoms with Crippen molar-refractivity contribution in [2.75, 3.05) is 33.5 Å². The van der Waals surface area contributed by atoms with Crippen LogP contribution in [0.1, 0.15) is 16.8 Å². The zero-order valence-corrected chi connectivity index (χ0v) is 18.5. The molecule has 0 unspecified atom stereocenters. The summed E-state index contributed by atoms with van der Waals surface area (Å²) in [6, 6.07) is 20.7.